The molecule has 0 aliphatic carbocycles. The van der Waals surface area contributed by atoms with Gasteiger partial charge in [0, 0.05) is 11.1 Å². The van der Waals surface area contributed by atoms with Gasteiger partial charge in [0.25, 0.3) is 5.91 Å². The minimum atomic E-state index is -0.248. The Balaban J connectivity index is 2.89. The van der Waals surface area contributed by atoms with Gasteiger partial charge in [0.2, 0.25) is 0 Å². The summed E-state index contributed by atoms with van der Waals surface area (Å²) < 4.78 is 0. The molecule has 0 bridgehead atoms. The number of nitrogens with zero attached hydrogens (tertiary/aromatic N) is 1. The third-order valence-corrected chi connectivity index (χ3v) is 2.61. The summed E-state index contributed by atoms with van der Waals surface area (Å²) in [5, 5.41) is 3.12. The minimum absolute atomic E-state index is 0.192. The van der Waals surface area contributed by atoms with E-state index in [2.05, 4.69) is 10.3 Å². The Kier molecular flexibility index (Phi) is 3.75. The Hall–Kier alpha value is -1.29. The fourth-order valence-electron chi connectivity index (χ4n) is 1.12. The maximum atomic E-state index is 11.9. The molecular weight excluding hydrogens is 226 g/mol. The van der Waals surface area contributed by atoms with Crippen LogP contribution in [-0.4, -0.2) is 16.4 Å². The molecule has 1 heterocycles. The summed E-state index contributed by atoms with van der Waals surface area (Å²) in [5.74, 6) is 0.0507. The number of pyridine rings is 1. The molecule has 0 fully saturated rings. The first kappa shape index (κ1) is 12.8. The van der Waals surface area contributed by atoms with Crippen molar-refractivity contribution in [2.75, 3.05) is 5.73 Å². The Labute approximate surface area is 100 Å². The van der Waals surface area contributed by atoms with E-state index in [1.54, 1.807) is 0 Å². The van der Waals surface area contributed by atoms with Gasteiger partial charge in [-0.05, 0) is 32.4 Å². The Morgan fingerprint density at radius 1 is 1.56 bits per heavy atom. The highest BCUT2D eigenvalue weighted by molar-refractivity contribution is 6.29. The molecule has 1 rings (SSSR count). The van der Waals surface area contributed by atoms with E-state index in [4.69, 9.17) is 17.3 Å². The zero-order chi connectivity index (χ0) is 12.3. The second kappa shape index (κ2) is 4.70. The summed E-state index contributed by atoms with van der Waals surface area (Å²) in [4.78, 5) is 15.7. The van der Waals surface area contributed by atoms with Gasteiger partial charge in [-0.3, -0.25) is 4.79 Å². The lowest BCUT2D eigenvalue weighted by atomic mass is 10.0. The van der Waals surface area contributed by atoms with E-state index in [0.717, 1.165) is 6.42 Å². The molecule has 0 aliphatic heterocycles. The fourth-order valence-corrected chi connectivity index (χ4v) is 1.33. The van der Waals surface area contributed by atoms with Gasteiger partial charge in [0.15, 0.2) is 0 Å². The molecule has 0 unspecified atom stereocenters. The van der Waals surface area contributed by atoms with Crippen molar-refractivity contribution in [2.24, 2.45) is 0 Å². The topological polar surface area (TPSA) is 68.0 Å². The van der Waals surface area contributed by atoms with E-state index in [1.165, 1.54) is 12.1 Å². The van der Waals surface area contributed by atoms with Crippen molar-refractivity contribution in [1.82, 2.24) is 10.3 Å². The Bertz CT molecular complexity index is 384. The number of hydrogen-bond donors (Lipinski definition) is 2. The molecular formula is C11H16ClN3O. The van der Waals surface area contributed by atoms with Crippen molar-refractivity contribution in [1.29, 1.82) is 0 Å². The van der Waals surface area contributed by atoms with Crippen LogP contribution < -0.4 is 11.1 Å². The normalized spacial score (nSPS) is 11.2. The van der Waals surface area contributed by atoms with Crippen molar-refractivity contribution in [3.8, 4) is 0 Å². The van der Waals surface area contributed by atoms with Crippen molar-refractivity contribution < 1.29 is 4.79 Å². The van der Waals surface area contributed by atoms with Gasteiger partial charge in [-0.1, -0.05) is 18.5 Å². The number of halogens is 1. The number of amides is 1. The summed E-state index contributed by atoms with van der Waals surface area (Å²) >= 11 is 5.73. The number of hydrogen-bond acceptors (Lipinski definition) is 3. The number of anilines is 1. The first-order valence-corrected chi connectivity index (χ1v) is 5.47. The Morgan fingerprint density at radius 2 is 2.19 bits per heavy atom. The predicted octanol–water partition coefficient (Wildman–Crippen LogP) is 2.24. The average molecular weight is 242 g/mol. The molecule has 16 heavy (non-hydrogen) atoms. The third kappa shape index (κ3) is 3.38. The lowest BCUT2D eigenvalue weighted by molar-refractivity contribution is 0.0911. The summed E-state index contributed by atoms with van der Waals surface area (Å²) in [6.45, 7) is 5.92. The largest absolute Gasteiger partial charge is 0.384 e. The van der Waals surface area contributed by atoms with Gasteiger partial charge in [0.1, 0.15) is 11.0 Å². The zero-order valence-corrected chi connectivity index (χ0v) is 10.4. The van der Waals surface area contributed by atoms with Crippen LogP contribution in [0.4, 0.5) is 5.82 Å². The Morgan fingerprint density at radius 3 is 2.69 bits per heavy atom. The molecule has 0 saturated carbocycles. The molecule has 88 valence electrons. The van der Waals surface area contributed by atoms with Crippen LogP contribution in [0.15, 0.2) is 12.1 Å². The van der Waals surface area contributed by atoms with Crippen molar-refractivity contribution >= 4 is 23.3 Å². The van der Waals surface area contributed by atoms with Crippen LogP contribution in [0.5, 0.6) is 0 Å². The summed E-state index contributed by atoms with van der Waals surface area (Å²) in [7, 11) is 0. The SMILES string of the molecule is CCC(C)(C)NC(=O)c1cc(N)nc(Cl)c1. The van der Waals surface area contributed by atoms with Crippen LogP contribution in [0.3, 0.4) is 0 Å². The average Bonchev–Trinajstić information content (AvgIpc) is 2.15. The highest BCUT2D eigenvalue weighted by atomic mass is 35.5. The van der Waals surface area contributed by atoms with E-state index in [0.29, 0.717) is 5.56 Å². The minimum Gasteiger partial charge on any atom is -0.384 e. The molecule has 1 aromatic heterocycles. The number of rotatable bonds is 3. The highest BCUT2D eigenvalue weighted by Crippen LogP contribution is 2.14. The molecule has 0 aliphatic rings. The van der Waals surface area contributed by atoms with Crippen molar-refractivity contribution in [2.45, 2.75) is 32.7 Å². The molecule has 4 nitrogen and oxygen atoms in total. The van der Waals surface area contributed by atoms with E-state index >= 15 is 0 Å². The molecule has 1 aromatic rings. The van der Waals surface area contributed by atoms with Gasteiger partial charge < -0.3 is 11.1 Å². The van der Waals surface area contributed by atoms with Gasteiger partial charge in [0.05, 0.1) is 0 Å². The molecule has 5 heteroatoms. The van der Waals surface area contributed by atoms with Crippen molar-refractivity contribution in [3.63, 3.8) is 0 Å². The van der Waals surface area contributed by atoms with Crippen LogP contribution in [-0.2, 0) is 0 Å². The predicted molar refractivity (Wildman–Crippen MR) is 65.5 cm³/mol. The fraction of sp³-hybridized carbons (Fsp3) is 0.455. The zero-order valence-electron chi connectivity index (χ0n) is 9.67. The quantitative estimate of drug-likeness (QED) is 0.798. The summed E-state index contributed by atoms with van der Waals surface area (Å²) in [5.41, 5.74) is 5.70. The summed E-state index contributed by atoms with van der Waals surface area (Å²) in [6, 6.07) is 3.01. The molecule has 3 N–H and O–H groups in total. The monoisotopic (exact) mass is 241 g/mol. The van der Waals surface area contributed by atoms with Gasteiger partial charge in [-0.15, -0.1) is 0 Å². The maximum Gasteiger partial charge on any atom is 0.251 e. The van der Waals surface area contributed by atoms with Gasteiger partial charge in [-0.2, -0.15) is 0 Å². The van der Waals surface area contributed by atoms with Gasteiger partial charge in [-0.25, -0.2) is 4.98 Å². The smallest absolute Gasteiger partial charge is 0.251 e. The van der Waals surface area contributed by atoms with Crippen LogP contribution in [0.25, 0.3) is 0 Å². The number of nitrogens with two attached hydrogens (primary N) is 1. The van der Waals surface area contributed by atoms with E-state index in [1.807, 2.05) is 20.8 Å². The highest BCUT2D eigenvalue weighted by Gasteiger charge is 2.19. The molecule has 0 atom stereocenters. The van der Waals surface area contributed by atoms with E-state index in [-0.39, 0.29) is 22.4 Å². The number of nitrogens with one attached hydrogen (secondary N) is 1. The van der Waals surface area contributed by atoms with Crippen LogP contribution in [0.1, 0.15) is 37.6 Å². The van der Waals surface area contributed by atoms with Crippen LogP contribution in [0.2, 0.25) is 5.15 Å². The third-order valence-electron chi connectivity index (χ3n) is 2.41. The van der Waals surface area contributed by atoms with E-state index < -0.39 is 0 Å². The molecule has 1 amide bonds. The molecule has 0 spiro atoms. The maximum absolute atomic E-state index is 11.9. The standard InChI is InChI=1S/C11H16ClN3O/c1-4-11(2,3)15-10(16)7-5-8(12)14-9(13)6-7/h5-6H,4H2,1-3H3,(H2,13,14)(H,15,16). The number of carbonyl (C=O) groups is 1. The lowest BCUT2D eigenvalue weighted by Gasteiger charge is -2.24. The number of aromatic nitrogens is 1. The first-order valence-electron chi connectivity index (χ1n) is 5.09. The second-order valence-electron chi connectivity index (χ2n) is 4.29. The number of carbonyl (C=O) groups excluding carboxylic acids is 1. The first-order chi connectivity index (χ1) is 7.34. The number of nitrogen functional groups attached to an aromatic ring is 1. The van der Waals surface area contributed by atoms with E-state index in [9.17, 15) is 4.79 Å². The second-order valence-corrected chi connectivity index (χ2v) is 4.68. The van der Waals surface area contributed by atoms with Crippen LogP contribution in [0, 0.1) is 0 Å². The molecule has 0 saturated heterocycles. The van der Waals surface area contributed by atoms with Gasteiger partial charge >= 0.3 is 0 Å². The van der Waals surface area contributed by atoms with Crippen LogP contribution >= 0.6 is 11.6 Å². The lowest BCUT2D eigenvalue weighted by Crippen LogP contribution is -2.42. The summed E-state index contributed by atoms with van der Waals surface area (Å²) in [6.07, 6.45) is 0.840. The molecule has 0 radical (unpaired) electrons. The molecule has 0 aromatic carbocycles. The van der Waals surface area contributed by atoms with Crippen molar-refractivity contribution in [3.05, 3.63) is 22.8 Å².